The van der Waals surface area contributed by atoms with E-state index in [1.165, 1.54) is 24.3 Å². The van der Waals surface area contributed by atoms with Crippen molar-refractivity contribution in [1.82, 2.24) is 10.2 Å². The molecule has 0 saturated heterocycles. The summed E-state index contributed by atoms with van der Waals surface area (Å²) in [4.78, 5) is 14.9. The Morgan fingerprint density at radius 3 is 2.48 bits per heavy atom. The summed E-state index contributed by atoms with van der Waals surface area (Å²) < 4.78 is 53.9. The number of hydrogen-bond acceptors (Lipinski definition) is 7. The predicted octanol–water partition coefficient (Wildman–Crippen LogP) is 3.01. The number of ether oxygens (including phenoxy) is 1. The Bertz CT molecular complexity index is 1060. The van der Waals surface area contributed by atoms with E-state index >= 15 is 0 Å². The average Bonchev–Trinajstić information content (AvgIpc) is 3.01. The Balaban J connectivity index is 2.11. The maximum absolute atomic E-state index is 13.4. The first-order valence-corrected chi connectivity index (χ1v) is 13.1. The normalized spacial score (nSPS) is 18.5. The summed E-state index contributed by atoms with van der Waals surface area (Å²) in [7, 11) is -3.54. The van der Waals surface area contributed by atoms with E-state index < -0.39 is 31.6 Å². The molecule has 2 aromatic rings. The quantitative estimate of drug-likeness (QED) is 0.545. The van der Waals surface area contributed by atoms with E-state index in [4.69, 9.17) is 4.74 Å². The van der Waals surface area contributed by atoms with Crippen molar-refractivity contribution in [1.29, 1.82) is 0 Å². The van der Waals surface area contributed by atoms with Gasteiger partial charge in [0.15, 0.2) is 9.84 Å². The van der Waals surface area contributed by atoms with E-state index in [0.717, 1.165) is 0 Å². The maximum Gasteiger partial charge on any atom is 0.255 e. The molecule has 3 N–H and O–H groups in total. The minimum Gasteiger partial charge on any atom is -0.493 e. The zero-order chi connectivity index (χ0) is 22.8. The number of carbonyl (C=O) groups is 1. The number of nitrogens with one attached hydrogen (secondary N) is 1. The number of sulfone groups is 1. The molecule has 1 heterocycles. The van der Waals surface area contributed by atoms with Gasteiger partial charge in [0.1, 0.15) is 11.0 Å². The van der Waals surface area contributed by atoms with Crippen LogP contribution in [0.1, 0.15) is 28.1 Å². The standard InChI is InChI=1S/C21H28N2O6S2/c1-4-29-20-16(21(24)22-12-13-23(2)3)10-11-17-19(20)18(14-30(17,25)26)31(27,28)15-8-6-5-7-9-15/h5-11,18,25-26H,4,12-14H2,1-3H3,(H,22,24). The lowest BCUT2D eigenvalue weighted by atomic mass is 10.1. The van der Waals surface area contributed by atoms with Crippen LogP contribution in [-0.4, -0.2) is 67.9 Å². The Labute approximate surface area is 184 Å². The van der Waals surface area contributed by atoms with Crippen molar-refractivity contribution in [2.45, 2.75) is 22.0 Å². The molecule has 0 spiro atoms. The second kappa shape index (κ2) is 9.17. The van der Waals surface area contributed by atoms with Crippen molar-refractivity contribution in [2.24, 2.45) is 0 Å². The molecule has 0 saturated carbocycles. The number of likely N-dealkylation sites (N-methyl/N-ethyl adjacent to an activating group) is 1. The second-order valence-electron chi connectivity index (χ2n) is 7.53. The summed E-state index contributed by atoms with van der Waals surface area (Å²) in [6.07, 6.45) is 0. The highest BCUT2D eigenvalue weighted by molar-refractivity contribution is 8.25. The second-order valence-corrected chi connectivity index (χ2v) is 11.8. The van der Waals surface area contributed by atoms with Crippen LogP contribution in [0.25, 0.3) is 0 Å². The molecule has 1 unspecified atom stereocenters. The molecule has 3 rings (SSSR count). The van der Waals surface area contributed by atoms with Gasteiger partial charge in [-0.1, -0.05) is 18.2 Å². The van der Waals surface area contributed by atoms with E-state index in [1.54, 1.807) is 25.1 Å². The van der Waals surface area contributed by atoms with Crippen molar-refractivity contribution in [2.75, 3.05) is 39.5 Å². The summed E-state index contributed by atoms with van der Waals surface area (Å²) in [5.41, 5.74) is 0.329. The Kier molecular flexibility index (Phi) is 6.97. The van der Waals surface area contributed by atoms with Crippen LogP contribution in [0.3, 0.4) is 0 Å². The summed E-state index contributed by atoms with van der Waals surface area (Å²) in [5, 5.41) is 1.57. The third-order valence-electron chi connectivity index (χ3n) is 5.04. The molecule has 1 aliphatic heterocycles. The molecule has 0 aliphatic carbocycles. The number of carbonyl (C=O) groups excluding carboxylic acids is 1. The van der Waals surface area contributed by atoms with Crippen molar-refractivity contribution >= 4 is 26.3 Å². The van der Waals surface area contributed by atoms with E-state index in [9.17, 15) is 22.3 Å². The van der Waals surface area contributed by atoms with E-state index in [2.05, 4.69) is 5.32 Å². The lowest BCUT2D eigenvalue weighted by Crippen LogP contribution is -2.31. The van der Waals surface area contributed by atoms with E-state index in [1.807, 2.05) is 19.0 Å². The molecular weight excluding hydrogens is 440 g/mol. The number of rotatable bonds is 8. The summed E-state index contributed by atoms with van der Waals surface area (Å²) >= 11 is 0. The summed E-state index contributed by atoms with van der Waals surface area (Å²) in [6, 6.07) is 10.7. The highest BCUT2D eigenvalue weighted by Crippen LogP contribution is 2.63. The fraction of sp³-hybridized carbons (Fsp3) is 0.381. The smallest absolute Gasteiger partial charge is 0.255 e. The van der Waals surface area contributed by atoms with Gasteiger partial charge in [-0.05, 0) is 45.3 Å². The van der Waals surface area contributed by atoms with Gasteiger partial charge in [0, 0.05) is 18.7 Å². The van der Waals surface area contributed by atoms with Gasteiger partial charge < -0.3 is 15.0 Å². The van der Waals surface area contributed by atoms with Crippen LogP contribution >= 0.6 is 10.6 Å². The zero-order valence-corrected chi connectivity index (χ0v) is 19.4. The van der Waals surface area contributed by atoms with Gasteiger partial charge in [-0.3, -0.25) is 13.9 Å². The van der Waals surface area contributed by atoms with Crippen molar-refractivity contribution in [3.63, 3.8) is 0 Å². The lowest BCUT2D eigenvalue weighted by molar-refractivity contribution is 0.0947. The molecule has 0 radical (unpaired) electrons. The van der Waals surface area contributed by atoms with Crippen LogP contribution in [0, 0.1) is 0 Å². The molecule has 8 nitrogen and oxygen atoms in total. The van der Waals surface area contributed by atoms with Crippen LogP contribution < -0.4 is 10.1 Å². The van der Waals surface area contributed by atoms with E-state index in [-0.39, 0.29) is 39.0 Å². The van der Waals surface area contributed by atoms with Crippen LogP contribution in [0.5, 0.6) is 5.75 Å². The first-order chi connectivity index (χ1) is 14.6. The molecule has 170 valence electrons. The number of benzene rings is 2. The van der Waals surface area contributed by atoms with Gasteiger partial charge in [-0.2, -0.15) is 10.6 Å². The Hall–Kier alpha value is -2.11. The monoisotopic (exact) mass is 468 g/mol. The number of amides is 1. The van der Waals surface area contributed by atoms with Crippen molar-refractivity contribution in [3.8, 4) is 5.75 Å². The molecule has 1 atom stereocenters. The first-order valence-electron chi connectivity index (χ1n) is 9.87. The van der Waals surface area contributed by atoms with Crippen LogP contribution in [0.2, 0.25) is 0 Å². The molecule has 2 aromatic carbocycles. The topological polar surface area (TPSA) is 116 Å². The van der Waals surface area contributed by atoms with Gasteiger partial charge in [-0.25, -0.2) is 8.42 Å². The highest BCUT2D eigenvalue weighted by atomic mass is 32.3. The predicted molar refractivity (Wildman–Crippen MR) is 121 cm³/mol. The highest BCUT2D eigenvalue weighted by Gasteiger charge is 2.46. The lowest BCUT2D eigenvalue weighted by Gasteiger charge is -2.27. The van der Waals surface area contributed by atoms with Crippen molar-refractivity contribution in [3.05, 3.63) is 53.6 Å². The van der Waals surface area contributed by atoms with Crippen molar-refractivity contribution < 1.29 is 27.1 Å². The SMILES string of the molecule is CCOc1c(C(=O)NCCN(C)C)ccc2c1C(S(=O)(=O)c1ccccc1)CS2(O)O. The molecule has 0 aromatic heterocycles. The molecular formula is C21H28N2O6S2. The largest absolute Gasteiger partial charge is 0.493 e. The fourth-order valence-electron chi connectivity index (χ4n) is 3.54. The molecule has 1 amide bonds. The Morgan fingerprint density at radius 1 is 1.19 bits per heavy atom. The molecule has 1 aliphatic rings. The number of hydrogen-bond donors (Lipinski definition) is 3. The molecule has 10 heteroatoms. The molecule has 0 fully saturated rings. The van der Waals surface area contributed by atoms with E-state index in [0.29, 0.717) is 13.1 Å². The van der Waals surface area contributed by atoms with Gasteiger partial charge in [0.05, 0.1) is 27.7 Å². The van der Waals surface area contributed by atoms with Gasteiger partial charge >= 0.3 is 0 Å². The van der Waals surface area contributed by atoms with Crippen LogP contribution in [0.4, 0.5) is 0 Å². The van der Waals surface area contributed by atoms with Gasteiger partial charge in [0.25, 0.3) is 5.91 Å². The van der Waals surface area contributed by atoms with Crippen LogP contribution in [0.15, 0.2) is 52.3 Å². The van der Waals surface area contributed by atoms with Gasteiger partial charge in [0.2, 0.25) is 0 Å². The average molecular weight is 469 g/mol. The maximum atomic E-state index is 13.4. The van der Waals surface area contributed by atoms with Crippen LogP contribution in [-0.2, 0) is 9.84 Å². The Morgan fingerprint density at radius 2 is 1.87 bits per heavy atom. The number of nitrogens with zero attached hydrogens (tertiary/aromatic N) is 1. The molecule has 0 bridgehead atoms. The zero-order valence-electron chi connectivity index (χ0n) is 17.7. The first kappa shape index (κ1) is 23.6. The minimum atomic E-state index is -3.95. The molecule has 31 heavy (non-hydrogen) atoms. The minimum absolute atomic E-state index is 0.0753. The van der Waals surface area contributed by atoms with Gasteiger partial charge in [-0.15, -0.1) is 0 Å². The number of fused-ring (bicyclic) bond motifs is 1. The summed E-state index contributed by atoms with van der Waals surface area (Å²) in [5.74, 6) is -0.692. The summed E-state index contributed by atoms with van der Waals surface area (Å²) in [6.45, 7) is 2.94. The third kappa shape index (κ3) is 4.73. The third-order valence-corrected chi connectivity index (χ3v) is 9.19. The fourth-order valence-corrected chi connectivity index (χ4v) is 7.95.